The summed E-state index contributed by atoms with van der Waals surface area (Å²) in [6.45, 7) is 0.913. The summed E-state index contributed by atoms with van der Waals surface area (Å²) in [4.78, 5) is 37.0. The van der Waals surface area contributed by atoms with Gasteiger partial charge in [0.05, 0.1) is 6.04 Å². The Balaban J connectivity index is 2.60. The molecule has 1 aliphatic heterocycles. The van der Waals surface area contributed by atoms with Crippen LogP contribution < -0.4 is 16.8 Å². The zero-order chi connectivity index (χ0) is 17.4. The smallest absolute Gasteiger partial charge is 0.326 e. The Morgan fingerprint density at radius 2 is 2.04 bits per heavy atom. The van der Waals surface area contributed by atoms with Gasteiger partial charge in [0.1, 0.15) is 12.1 Å². The molecule has 0 bridgehead atoms. The maximum absolute atomic E-state index is 12.5. The van der Waals surface area contributed by atoms with Crippen molar-refractivity contribution in [2.45, 2.75) is 50.2 Å². The minimum Gasteiger partial charge on any atom is -0.480 e. The van der Waals surface area contributed by atoms with Crippen LogP contribution in [0.2, 0.25) is 0 Å². The second-order valence-electron chi connectivity index (χ2n) is 5.66. The Kier molecular flexibility index (Phi) is 8.35. The number of carbonyl (C=O) groups is 3. The van der Waals surface area contributed by atoms with Gasteiger partial charge in [-0.3, -0.25) is 9.59 Å². The molecule has 0 aromatic carbocycles. The number of hydrogen-bond donors (Lipinski definition) is 5. The third-order valence-corrected chi connectivity index (χ3v) is 4.29. The van der Waals surface area contributed by atoms with Gasteiger partial charge in [-0.2, -0.15) is 12.6 Å². The summed E-state index contributed by atoms with van der Waals surface area (Å²) in [5.41, 5.74) is 11.2. The van der Waals surface area contributed by atoms with E-state index in [2.05, 4.69) is 17.9 Å². The Hall–Kier alpha value is -1.32. The van der Waals surface area contributed by atoms with Crippen LogP contribution in [0, 0.1) is 0 Å². The van der Waals surface area contributed by atoms with E-state index in [1.54, 1.807) is 0 Å². The first-order valence-electron chi connectivity index (χ1n) is 7.82. The van der Waals surface area contributed by atoms with Gasteiger partial charge < -0.3 is 26.8 Å². The summed E-state index contributed by atoms with van der Waals surface area (Å²) in [5, 5.41) is 11.7. The maximum atomic E-state index is 12.5. The molecule has 0 aromatic heterocycles. The van der Waals surface area contributed by atoms with E-state index in [0.29, 0.717) is 32.4 Å². The van der Waals surface area contributed by atoms with Crippen LogP contribution in [0.5, 0.6) is 0 Å². The van der Waals surface area contributed by atoms with E-state index in [4.69, 9.17) is 16.6 Å². The van der Waals surface area contributed by atoms with E-state index in [0.717, 1.165) is 12.8 Å². The molecule has 1 rings (SSSR count). The van der Waals surface area contributed by atoms with Crippen molar-refractivity contribution in [3.8, 4) is 0 Å². The van der Waals surface area contributed by atoms with Crippen LogP contribution >= 0.6 is 12.6 Å². The standard InChI is InChI=1S/C14H26N4O4S/c15-6-2-1-4-9(16)12(19)17-10(8-23)13(20)18-7-3-5-11(18)14(21)22/h9-11,23H,1-8,15-16H2,(H,17,19)(H,21,22). The molecule has 2 amide bonds. The first-order valence-corrected chi connectivity index (χ1v) is 8.45. The lowest BCUT2D eigenvalue weighted by Crippen LogP contribution is -2.55. The van der Waals surface area contributed by atoms with E-state index in [-0.39, 0.29) is 5.75 Å². The van der Waals surface area contributed by atoms with Gasteiger partial charge in [0.2, 0.25) is 11.8 Å². The molecule has 1 saturated heterocycles. The Bertz CT molecular complexity index is 435. The van der Waals surface area contributed by atoms with Crippen LogP contribution in [0.25, 0.3) is 0 Å². The van der Waals surface area contributed by atoms with Crippen LogP contribution in [0.15, 0.2) is 0 Å². The van der Waals surface area contributed by atoms with Gasteiger partial charge in [0.25, 0.3) is 0 Å². The summed E-state index contributed by atoms with van der Waals surface area (Å²) >= 11 is 4.09. The van der Waals surface area contributed by atoms with Gasteiger partial charge in [-0.25, -0.2) is 4.79 Å². The average molecular weight is 346 g/mol. The molecule has 1 aliphatic rings. The lowest BCUT2D eigenvalue weighted by molar-refractivity contribution is -0.149. The highest BCUT2D eigenvalue weighted by atomic mass is 32.1. The fourth-order valence-corrected chi connectivity index (χ4v) is 2.84. The predicted octanol–water partition coefficient (Wildman–Crippen LogP) is -1.07. The topological polar surface area (TPSA) is 139 Å². The van der Waals surface area contributed by atoms with Crippen molar-refractivity contribution in [3.05, 3.63) is 0 Å². The molecule has 0 radical (unpaired) electrons. The summed E-state index contributed by atoms with van der Waals surface area (Å²) in [7, 11) is 0. The van der Waals surface area contributed by atoms with Gasteiger partial charge in [-0.1, -0.05) is 6.42 Å². The minimum atomic E-state index is -1.03. The lowest BCUT2D eigenvalue weighted by Gasteiger charge is -2.27. The van der Waals surface area contributed by atoms with E-state index in [1.807, 2.05) is 0 Å². The number of nitrogens with one attached hydrogen (secondary N) is 1. The van der Waals surface area contributed by atoms with Crippen LogP contribution in [0.1, 0.15) is 32.1 Å². The minimum absolute atomic E-state index is 0.0862. The fraction of sp³-hybridized carbons (Fsp3) is 0.786. The highest BCUT2D eigenvalue weighted by Crippen LogP contribution is 2.18. The largest absolute Gasteiger partial charge is 0.480 e. The number of nitrogens with zero attached hydrogens (tertiary/aromatic N) is 1. The molecule has 6 N–H and O–H groups in total. The summed E-state index contributed by atoms with van der Waals surface area (Å²) in [5.74, 6) is -1.80. The zero-order valence-corrected chi connectivity index (χ0v) is 14.0. The molecule has 1 heterocycles. The first-order chi connectivity index (χ1) is 10.9. The number of carboxylic acid groups (broad SMARTS) is 1. The van der Waals surface area contributed by atoms with Crippen molar-refractivity contribution >= 4 is 30.4 Å². The monoisotopic (exact) mass is 346 g/mol. The van der Waals surface area contributed by atoms with Gasteiger partial charge in [0, 0.05) is 12.3 Å². The fourth-order valence-electron chi connectivity index (χ4n) is 2.59. The summed E-state index contributed by atoms with van der Waals surface area (Å²) in [6.07, 6.45) is 3.06. The molecule has 0 saturated carbocycles. The van der Waals surface area contributed by atoms with Crippen molar-refractivity contribution in [1.82, 2.24) is 10.2 Å². The number of aliphatic carboxylic acids is 1. The molecule has 9 heteroatoms. The Morgan fingerprint density at radius 1 is 1.35 bits per heavy atom. The first kappa shape index (κ1) is 19.7. The number of unbranched alkanes of at least 4 members (excludes halogenated alkanes) is 1. The van der Waals surface area contributed by atoms with Gasteiger partial charge in [0.15, 0.2) is 0 Å². The molecule has 1 fully saturated rings. The number of likely N-dealkylation sites (tertiary alicyclic amines) is 1. The number of rotatable bonds is 9. The van der Waals surface area contributed by atoms with Gasteiger partial charge in [-0.15, -0.1) is 0 Å². The van der Waals surface area contributed by atoms with Crippen molar-refractivity contribution in [2.24, 2.45) is 11.5 Å². The number of nitrogens with two attached hydrogens (primary N) is 2. The van der Waals surface area contributed by atoms with Gasteiger partial charge >= 0.3 is 5.97 Å². The number of carbonyl (C=O) groups excluding carboxylic acids is 2. The Morgan fingerprint density at radius 3 is 2.61 bits per heavy atom. The molecule has 3 unspecified atom stereocenters. The van der Waals surface area contributed by atoms with Crippen LogP contribution in [0.4, 0.5) is 0 Å². The molecule has 0 aromatic rings. The number of carboxylic acids is 1. The van der Waals surface area contributed by atoms with E-state index in [1.165, 1.54) is 4.90 Å². The maximum Gasteiger partial charge on any atom is 0.326 e. The number of amides is 2. The van der Waals surface area contributed by atoms with Crippen LogP contribution in [-0.4, -0.2) is 64.8 Å². The zero-order valence-electron chi connectivity index (χ0n) is 13.1. The SMILES string of the molecule is NCCCCC(N)C(=O)NC(CS)C(=O)N1CCCC1C(=O)O. The molecular formula is C14H26N4O4S. The van der Waals surface area contributed by atoms with Gasteiger partial charge in [-0.05, 0) is 32.2 Å². The molecule has 0 aliphatic carbocycles. The molecule has 23 heavy (non-hydrogen) atoms. The Labute approximate surface area is 141 Å². The molecule has 3 atom stereocenters. The van der Waals surface area contributed by atoms with Crippen molar-refractivity contribution in [3.63, 3.8) is 0 Å². The molecular weight excluding hydrogens is 320 g/mol. The number of hydrogen-bond acceptors (Lipinski definition) is 6. The second-order valence-corrected chi connectivity index (χ2v) is 6.03. The summed E-state index contributed by atoms with van der Waals surface area (Å²) < 4.78 is 0. The van der Waals surface area contributed by atoms with Crippen molar-refractivity contribution in [2.75, 3.05) is 18.8 Å². The molecule has 0 spiro atoms. The predicted molar refractivity (Wildman–Crippen MR) is 89.0 cm³/mol. The van der Waals surface area contributed by atoms with Crippen molar-refractivity contribution < 1.29 is 19.5 Å². The van der Waals surface area contributed by atoms with Crippen molar-refractivity contribution in [1.29, 1.82) is 0 Å². The van der Waals surface area contributed by atoms with Crippen LogP contribution in [-0.2, 0) is 14.4 Å². The second kappa shape index (κ2) is 9.74. The van der Waals surface area contributed by atoms with E-state index < -0.39 is 35.9 Å². The average Bonchev–Trinajstić information content (AvgIpc) is 3.01. The van der Waals surface area contributed by atoms with E-state index >= 15 is 0 Å². The lowest BCUT2D eigenvalue weighted by atomic mass is 10.1. The third kappa shape index (κ3) is 5.67. The summed E-state index contributed by atoms with van der Waals surface area (Å²) in [6, 6.07) is -2.42. The molecule has 132 valence electrons. The highest BCUT2D eigenvalue weighted by Gasteiger charge is 2.37. The third-order valence-electron chi connectivity index (χ3n) is 3.92. The highest BCUT2D eigenvalue weighted by molar-refractivity contribution is 7.80. The van der Waals surface area contributed by atoms with Crippen LogP contribution in [0.3, 0.4) is 0 Å². The number of thiol groups is 1. The molecule has 8 nitrogen and oxygen atoms in total. The quantitative estimate of drug-likeness (QED) is 0.266. The van der Waals surface area contributed by atoms with E-state index in [9.17, 15) is 14.4 Å². The normalized spacial score (nSPS) is 20.1.